The van der Waals surface area contributed by atoms with E-state index in [9.17, 15) is 27.5 Å². The number of carbonyl (C=O) groups excluding carboxylic acids is 1. The lowest BCUT2D eigenvalue weighted by atomic mass is 9.97. The summed E-state index contributed by atoms with van der Waals surface area (Å²) in [5, 5.41) is 2.96. The van der Waals surface area contributed by atoms with Crippen molar-refractivity contribution in [2.75, 3.05) is 18.5 Å². The zero-order valence-corrected chi connectivity index (χ0v) is 15.1. The molecule has 0 spiro atoms. The molecule has 0 bridgehead atoms. The average Bonchev–Trinajstić information content (AvgIpc) is 2.45. The number of rotatable bonds is 7. The Morgan fingerprint density at radius 3 is 2.08 bits per heavy atom. The molecule has 1 rings (SSSR count). The Morgan fingerprint density at radius 2 is 1.68 bits per heavy atom. The van der Waals surface area contributed by atoms with Crippen LogP contribution in [-0.4, -0.2) is 35.5 Å². The van der Waals surface area contributed by atoms with Crippen LogP contribution >= 0.6 is 23.2 Å². The fourth-order valence-corrected chi connectivity index (χ4v) is 2.57. The van der Waals surface area contributed by atoms with E-state index in [0.717, 1.165) is 12.1 Å². The molecule has 25 heavy (non-hydrogen) atoms. The van der Waals surface area contributed by atoms with E-state index in [1.54, 1.807) is 6.92 Å². The third-order valence-electron chi connectivity index (χ3n) is 3.40. The fourth-order valence-electron chi connectivity index (χ4n) is 2.17. The number of hydrogen-bond donors (Lipinski definition) is 2. The molecule has 2 unspecified atom stereocenters. The highest BCUT2D eigenvalue weighted by Gasteiger charge is 2.68. The number of benzene rings is 1. The number of esters is 1. The van der Waals surface area contributed by atoms with Gasteiger partial charge in [0.2, 0.25) is 0 Å². The van der Waals surface area contributed by atoms with Gasteiger partial charge < -0.3 is 15.2 Å². The van der Waals surface area contributed by atoms with Crippen molar-refractivity contribution in [2.24, 2.45) is 0 Å². The minimum absolute atomic E-state index is 0.190. The molecule has 0 aliphatic carbocycles. The highest BCUT2D eigenvalue weighted by atomic mass is 35.5. The molecule has 0 aromatic heterocycles. The van der Waals surface area contributed by atoms with Crippen LogP contribution in [-0.2, 0) is 14.7 Å². The van der Waals surface area contributed by atoms with Crippen molar-refractivity contribution in [3.8, 4) is 0 Å². The van der Waals surface area contributed by atoms with Gasteiger partial charge in [-0.05, 0) is 55.6 Å². The Hall–Kier alpha value is -1.25. The summed E-state index contributed by atoms with van der Waals surface area (Å²) in [6, 6.07) is 1.92. The molecule has 0 radical (unpaired) electrons. The van der Waals surface area contributed by atoms with Gasteiger partial charge in [0, 0.05) is 11.3 Å². The van der Waals surface area contributed by atoms with Crippen LogP contribution in [0, 0.1) is 13.8 Å². The van der Waals surface area contributed by atoms with Crippen molar-refractivity contribution in [2.45, 2.75) is 37.1 Å². The highest BCUT2D eigenvalue weighted by molar-refractivity contribution is 6.26. The summed E-state index contributed by atoms with van der Waals surface area (Å²) in [5.74, 6) is -5.40. The number of carbonyl (C=O) groups is 1. The highest BCUT2D eigenvalue weighted by Crippen LogP contribution is 2.52. The van der Waals surface area contributed by atoms with E-state index in [4.69, 9.17) is 16.3 Å². The van der Waals surface area contributed by atoms with Crippen LogP contribution in [0.25, 0.3) is 0 Å². The number of aryl methyl sites for hydroxylation is 2. The predicted octanol–water partition coefficient (Wildman–Crippen LogP) is 4.13. The Labute approximate surface area is 152 Å². The lowest BCUT2D eigenvalue weighted by Crippen LogP contribution is -2.52. The Balaban J connectivity index is 3.19. The van der Waals surface area contributed by atoms with Crippen LogP contribution in [0.1, 0.15) is 23.6 Å². The zero-order valence-electron chi connectivity index (χ0n) is 13.6. The first-order valence-corrected chi connectivity index (χ1v) is 7.88. The number of anilines is 1. The third-order valence-corrected chi connectivity index (χ3v) is 4.12. The van der Waals surface area contributed by atoms with Crippen molar-refractivity contribution in [3.63, 3.8) is 0 Å². The molecule has 2 atom stereocenters. The van der Waals surface area contributed by atoms with Crippen molar-refractivity contribution >= 4 is 34.9 Å². The molecule has 4 nitrogen and oxygen atoms in total. The molecule has 0 heterocycles. The van der Waals surface area contributed by atoms with Crippen molar-refractivity contribution < 1.29 is 32.2 Å². The molecule has 0 saturated carbocycles. The molecular weight excluding hydrogens is 389 g/mol. The molecule has 10 heteroatoms. The van der Waals surface area contributed by atoms with Gasteiger partial charge in [0.25, 0.3) is 5.13 Å². The molecule has 1 aromatic rings. The first kappa shape index (κ1) is 21.8. The largest absolute Gasteiger partial charge is 0.465 e. The molecule has 142 valence electrons. The molecule has 0 aliphatic heterocycles. The van der Waals surface area contributed by atoms with Crippen LogP contribution in [0.4, 0.5) is 23.2 Å². The number of halogens is 6. The van der Waals surface area contributed by atoms with Gasteiger partial charge in [-0.15, -0.1) is 0 Å². The third kappa shape index (κ3) is 4.48. The molecule has 0 amide bonds. The van der Waals surface area contributed by atoms with E-state index in [1.165, 1.54) is 13.8 Å². The Morgan fingerprint density at radius 1 is 1.20 bits per heavy atom. The Kier molecular flexibility index (Phi) is 6.58. The van der Waals surface area contributed by atoms with E-state index in [0.29, 0.717) is 5.69 Å². The van der Waals surface area contributed by atoms with Crippen LogP contribution in [0.5, 0.6) is 0 Å². The summed E-state index contributed by atoms with van der Waals surface area (Å²) in [6.45, 7) is 4.54. The van der Waals surface area contributed by atoms with Crippen molar-refractivity contribution in [1.82, 2.24) is 0 Å². The smallest absolute Gasteiger partial charge is 0.384 e. The summed E-state index contributed by atoms with van der Waals surface area (Å²) in [7, 11) is 0. The quantitative estimate of drug-likeness (QED) is 0.406. The van der Waals surface area contributed by atoms with E-state index >= 15 is 0 Å². The van der Waals surface area contributed by atoms with Crippen LogP contribution < -0.4 is 5.32 Å². The van der Waals surface area contributed by atoms with Gasteiger partial charge in [-0.2, -0.15) is 13.2 Å². The van der Waals surface area contributed by atoms with E-state index in [2.05, 4.69) is 16.9 Å². The number of hydrogen-bond acceptors (Lipinski definition) is 4. The second-order valence-corrected chi connectivity index (χ2v) is 6.33. The van der Waals surface area contributed by atoms with Gasteiger partial charge >= 0.3 is 17.2 Å². The first-order chi connectivity index (χ1) is 11.3. The van der Waals surface area contributed by atoms with E-state index in [-0.39, 0.29) is 24.3 Å². The Bertz CT molecular complexity index is 625. The summed E-state index contributed by atoms with van der Waals surface area (Å²) in [6.07, 6.45) is 0. The maximum absolute atomic E-state index is 14.5. The van der Waals surface area contributed by atoms with Crippen molar-refractivity contribution in [1.29, 1.82) is 0 Å². The minimum atomic E-state index is -4.97. The predicted molar refractivity (Wildman–Crippen MR) is 86.5 cm³/mol. The second-order valence-electron chi connectivity index (χ2n) is 5.34. The lowest BCUT2D eigenvalue weighted by Gasteiger charge is -2.33. The van der Waals surface area contributed by atoms with Gasteiger partial charge in [-0.25, -0.2) is 4.39 Å². The van der Waals surface area contributed by atoms with Gasteiger partial charge in [0.05, 0.1) is 6.61 Å². The summed E-state index contributed by atoms with van der Waals surface area (Å²) < 4.78 is 59.1. The second kappa shape index (κ2) is 7.55. The topological polar surface area (TPSA) is 58.6 Å². The lowest BCUT2D eigenvalue weighted by molar-refractivity contribution is -0.260. The summed E-state index contributed by atoms with van der Waals surface area (Å²) in [5.41, 5.74) is 0.173. The molecular formula is C15H17Cl2F4NO3. The normalized spacial score (nSPS) is 16.7. The van der Waals surface area contributed by atoms with Gasteiger partial charge in [0.15, 0.2) is 0 Å². The molecule has 0 fully saturated rings. The monoisotopic (exact) mass is 405 g/mol. The van der Waals surface area contributed by atoms with Crippen LogP contribution in [0.2, 0.25) is 0 Å². The molecule has 0 aliphatic rings. The number of alkyl halides is 6. The van der Waals surface area contributed by atoms with Gasteiger partial charge in [-0.3, -0.25) is 4.79 Å². The molecule has 0 saturated heterocycles. The zero-order chi connectivity index (χ0) is 19.6. The number of aliphatic hydroxyl groups is 1. The standard InChI is InChI=1S/C15H17Cl2F4NO3/c1-4-25-11(23)7-22-12-8(2)5-10(6-9(12)3)13(16,18)14(19,24)15(17,20)21/h5-6,22,24H,4,7H2,1-3H3. The van der Waals surface area contributed by atoms with Gasteiger partial charge in [0.1, 0.15) is 6.54 Å². The SMILES string of the molecule is CCOC(=O)CNc1c(C)cc(C(F)(Cl)C(O)(F)C(F)(F)Cl)cc1C. The molecule has 1 aromatic carbocycles. The van der Waals surface area contributed by atoms with E-state index < -0.39 is 27.9 Å². The summed E-state index contributed by atoms with van der Waals surface area (Å²) >= 11 is 9.69. The minimum Gasteiger partial charge on any atom is -0.465 e. The maximum atomic E-state index is 14.5. The van der Waals surface area contributed by atoms with Crippen LogP contribution in [0.15, 0.2) is 12.1 Å². The average molecular weight is 406 g/mol. The first-order valence-electron chi connectivity index (χ1n) is 7.12. The summed E-state index contributed by atoms with van der Waals surface area (Å²) in [4.78, 5) is 11.4. The maximum Gasteiger partial charge on any atom is 0.384 e. The van der Waals surface area contributed by atoms with Crippen molar-refractivity contribution in [3.05, 3.63) is 28.8 Å². The fraction of sp³-hybridized carbons (Fsp3) is 0.533. The number of nitrogens with one attached hydrogen (secondary N) is 1. The van der Waals surface area contributed by atoms with Gasteiger partial charge in [-0.1, -0.05) is 11.6 Å². The molecule has 2 N–H and O–H groups in total. The number of ether oxygens (including phenoxy) is 1. The van der Waals surface area contributed by atoms with Crippen LogP contribution in [0.3, 0.4) is 0 Å². The van der Waals surface area contributed by atoms with E-state index in [1.807, 2.05) is 0 Å².